The van der Waals surface area contributed by atoms with Crippen molar-refractivity contribution in [3.63, 3.8) is 0 Å². The molecule has 0 radical (unpaired) electrons. The van der Waals surface area contributed by atoms with Crippen molar-refractivity contribution in [2.24, 2.45) is 16.8 Å². The Labute approximate surface area is 100 Å². The first-order chi connectivity index (χ1) is 7.75. The first-order valence-electron chi connectivity index (χ1n) is 7.00. The van der Waals surface area contributed by atoms with Gasteiger partial charge in [0.1, 0.15) is 0 Å². The zero-order valence-electron chi connectivity index (χ0n) is 10.8. The second kappa shape index (κ2) is 5.65. The van der Waals surface area contributed by atoms with E-state index in [2.05, 4.69) is 26.0 Å². The summed E-state index contributed by atoms with van der Waals surface area (Å²) in [6.45, 7) is 4.56. The molecule has 0 bridgehead atoms. The zero-order chi connectivity index (χ0) is 11.4. The van der Waals surface area contributed by atoms with Crippen LogP contribution >= 0.6 is 0 Å². The Morgan fingerprint density at radius 2 is 1.94 bits per heavy atom. The maximum atomic E-state index is 4.98. The minimum atomic E-state index is 0.610. The standard InChI is InChI=1S/C15H25N/c1-12(2)11-14-10-9-13-7-5-3-4-6-8-15(13)16-14/h9-10,12-13,15H,3-8,11H2,1-2H3. The van der Waals surface area contributed by atoms with Gasteiger partial charge in [0.05, 0.1) is 6.04 Å². The largest absolute Gasteiger partial charge is 0.286 e. The molecular weight excluding hydrogens is 194 g/mol. The van der Waals surface area contributed by atoms with Crippen LogP contribution in [0.25, 0.3) is 0 Å². The number of allylic oxidation sites excluding steroid dienone is 1. The normalized spacial score (nSPS) is 30.6. The topological polar surface area (TPSA) is 12.4 Å². The minimum absolute atomic E-state index is 0.610. The van der Waals surface area contributed by atoms with Crippen molar-refractivity contribution >= 4 is 5.71 Å². The summed E-state index contributed by atoms with van der Waals surface area (Å²) in [7, 11) is 0. The van der Waals surface area contributed by atoms with E-state index >= 15 is 0 Å². The highest BCUT2D eigenvalue weighted by Crippen LogP contribution is 2.29. The van der Waals surface area contributed by atoms with Gasteiger partial charge < -0.3 is 0 Å². The number of hydrogen-bond acceptors (Lipinski definition) is 1. The first-order valence-corrected chi connectivity index (χ1v) is 7.00. The monoisotopic (exact) mass is 219 g/mol. The Hall–Kier alpha value is -0.590. The molecule has 0 aromatic carbocycles. The van der Waals surface area contributed by atoms with E-state index in [1.54, 1.807) is 0 Å². The molecule has 1 aliphatic carbocycles. The van der Waals surface area contributed by atoms with E-state index in [1.165, 1.54) is 44.2 Å². The molecule has 1 saturated carbocycles. The van der Waals surface area contributed by atoms with Crippen LogP contribution in [0.2, 0.25) is 0 Å². The number of rotatable bonds is 2. The lowest BCUT2D eigenvalue weighted by Crippen LogP contribution is -2.24. The Bertz CT molecular complexity index is 275. The molecule has 0 saturated heterocycles. The molecule has 16 heavy (non-hydrogen) atoms. The molecule has 2 aliphatic rings. The van der Waals surface area contributed by atoms with E-state index in [4.69, 9.17) is 4.99 Å². The van der Waals surface area contributed by atoms with E-state index in [0.29, 0.717) is 6.04 Å². The van der Waals surface area contributed by atoms with Crippen molar-refractivity contribution in [1.82, 2.24) is 0 Å². The minimum Gasteiger partial charge on any atom is -0.286 e. The van der Waals surface area contributed by atoms with Crippen LogP contribution in [0.5, 0.6) is 0 Å². The second-order valence-corrected chi connectivity index (χ2v) is 5.80. The van der Waals surface area contributed by atoms with Crippen molar-refractivity contribution in [3.8, 4) is 0 Å². The highest BCUT2D eigenvalue weighted by atomic mass is 14.8. The maximum absolute atomic E-state index is 4.98. The molecular formula is C15H25N. The molecule has 0 spiro atoms. The highest BCUT2D eigenvalue weighted by molar-refractivity contribution is 5.95. The van der Waals surface area contributed by atoms with Gasteiger partial charge >= 0.3 is 0 Å². The number of nitrogens with zero attached hydrogens (tertiary/aromatic N) is 1. The molecule has 1 nitrogen and oxygen atoms in total. The Kier molecular flexibility index (Phi) is 4.20. The molecule has 1 heterocycles. The average molecular weight is 219 g/mol. The molecule has 1 fully saturated rings. The summed E-state index contributed by atoms with van der Waals surface area (Å²) in [4.78, 5) is 4.98. The fourth-order valence-corrected chi connectivity index (χ4v) is 2.91. The van der Waals surface area contributed by atoms with Crippen LogP contribution in [0.3, 0.4) is 0 Å². The van der Waals surface area contributed by atoms with Gasteiger partial charge in [0.15, 0.2) is 0 Å². The molecule has 0 N–H and O–H groups in total. The third-order valence-electron chi connectivity index (χ3n) is 3.77. The predicted octanol–water partition coefficient (Wildman–Crippen LogP) is 4.38. The van der Waals surface area contributed by atoms with Crippen LogP contribution in [-0.2, 0) is 0 Å². The first kappa shape index (κ1) is 11.9. The fraction of sp³-hybridized carbons (Fsp3) is 0.800. The lowest BCUT2D eigenvalue weighted by molar-refractivity contribution is 0.381. The summed E-state index contributed by atoms with van der Waals surface area (Å²) in [6.07, 6.45) is 14.2. The van der Waals surface area contributed by atoms with Crippen LogP contribution in [0.1, 0.15) is 58.8 Å². The van der Waals surface area contributed by atoms with Crippen LogP contribution in [0.4, 0.5) is 0 Å². The van der Waals surface area contributed by atoms with Gasteiger partial charge in [-0.15, -0.1) is 0 Å². The number of hydrogen-bond donors (Lipinski definition) is 0. The molecule has 1 aliphatic heterocycles. The van der Waals surface area contributed by atoms with Gasteiger partial charge in [-0.1, -0.05) is 45.6 Å². The molecule has 0 amide bonds. The summed E-state index contributed by atoms with van der Waals surface area (Å²) >= 11 is 0. The molecule has 90 valence electrons. The quantitative estimate of drug-likeness (QED) is 0.653. The van der Waals surface area contributed by atoms with Crippen LogP contribution in [-0.4, -0.2) is 11.8 Å². The van der Waals surface area contributed by atoms with Crippen molar-refractivity contribution in [1.29, 1.82) is 0 Å². The Balaban J connectivity index is 2.00. The smallest absolute Gasteiger partial charge is 0.0565 e. The molecule has 0 aromatic heterocycles. The second-order valence-electron chi connectivity index (χ2n) is 5.80. The lowest BCUT2D eigenvalue weighted by Gasteiger charge is -2.28. The van der Waals surface area contributed by atoms with E-state index < -0.39 is 0 Å². The summed E-state index contributed by atoms with van der Waals surface area (Å²) in [5, 5.41) is 0. The summed E-state index contributed by atoms with van der Waals surface area (Å²) in [6, 6.07) is 0.610. The zero-order valence-corrected chi connectivity index (χ0v) is 10.8. The van der Waals surface area contributed by atoms with Crippen LogP contribution < -0.4 is 0 Å². The van der Waals surface area contributed by atoms with Crippen molar-refractivity contribution in [3.05, 3.63) is 12.2 Å². The molecule has 1 heteroatoms. The highest BCUT2D eigenvalue weighted by Gasteiger charge is 2.23. The van der Waals surface area contributed by atoms with Crippen molar-refractivity contribution in [2.45, 2.75) is 64.8 Å². The SMILES string of the molecule is CC(C)CC1=NC2CCCCCCC2C=C1. The molecule has 0 aromatic rings. The number of fused-ring (bicyclic) bond motifs is 1. The van der Waals surface area contributed by atoms with E-state index in [9.17, 15) is 0 Å². The van der Waals surface area contributed by atoms with Gasteiger partial charge in [0, 0.05) is 5.71 Å². The molecule has 2 rings (SSSR count). The van der Waals surface area contributed by atoms with Gasteiger partial charge in [-0.25, -0.2) is 0 Å². The predicted molar refractivity (Wildman–Crippen MR) is 71.0 cm³/mol. The summed E-state index contributed by atoms with van der Waals surface area (Å²) < 4.78 is 0. The maximum Gasteiger partial charge on any atom is 0.0565 e. The number of dihydropyridines is 1. The fourth-order valence-electron chi connectivity index (χ4n) is 2.91. The molecule has 2 unspecified atom stereocenters. The van der Waals surface area contributed by atoms with E-state index in [-0.39, 0.29) is 0 Å². The van der Waals surface area contributed by atoms with Gasteiger partial charge in [0.25, 0.3) is 0 Å². The van der Waals surface area contributed by atoms with Crippen LogP contribution in [0, 0.1) is 11.8 Å². The van der Waals surface area contributed by atoms with Gasteiger partial charge in [-0.05, 0) is 37.2 Å². The van der Waals surface area contributed by atoms with Gasteiger partial charge in [-0.3, -0.25) is 4.99 Å². The third-order valence-corrected chi connectivity index (χ3v) is 3.77. The number of aliphatic imine (C=N–C) groups is 1. The third kappa shape index (κ3) is 3.20. The molecule has 2 atom stereocenters. The Morgan fingerprint density at radius 3 is 2.69 bits per heavy atom. The van der Waals surface area contributed by atoms with Gasteiger partial charge in [-0.2, -0.15) is 0 Å². The summed E-state index contributed by atoms with van der Waals surface area (Å²) in [5.74, 6) is 1.48. The summed E-state index contributed by atoms with van der Waals surface area (Å²) in [5.41, 5.74) is 1.34. The van der Waals surface area contributed by atoms with Crippen molar-refractivity contribution in [2.75, 3.05) is 0 Å². The van der Waals surface area contributed by atoms with Crippen molar-refractivity contribution < 1.29 is 0 Å². The van der Waals surface area contributed by atoms with Gasteiger partial charge in [0.2, 0.25) is 0 Å². The Morgan fingerprint density at radius 1 is 1.19 bits per heavy atom. The lowest BCUT2D eigenvalue weighted by atomic mass is 9.84. The van der Waals surface area contributed by atoms with E-state index in [0.717, 1.165) is 18.3 Å². The average Bonchev–Trinajstić information content (AvgIpc) is 2.19. The van der Waals surface area contributed by atoms with E-state index in [1.807, 2.05) is 0 Å². The van der Waals surface area contributed by atoms with Crippen LogP contribution in [0.15, 0.2) is 17.1 Å².